The van der Waals surface area contributed by atoms with E-state index in [1.165, 1.54) is 10.8 Å². The number of hydrogen-bond donors (Lipinski definition) is 1. The Morgan fingerprint density at radius 1 is 1.91 bits per heavy atom. The standard InChI is InChI=1S/C6H11NO2S2/c1-5-6(8)7(4-11-10)2-3-9-5/h5,10H,2-4H2,1H3. The van der Waals surface area contributed by atoms with Crippen molar-refractivity contribution in [3.8, 4) is 0 Å². The lowest BCUT2D eigenvalue weighted by atomic mass is 10.3. The zero-order chi connectivity index (χ0) is 8.27. The number of rotatable bonds is 2. The molecule has 1 heterocycles. The lowest BCUT2D eigenvalue weighted by molar-refractivity contribution is -0.149. The molecule has 0 N–H and O–H groups in total. The third-order valence-corrected chi connectivity index (χ3v) is 2.38. The summed E-state index contributed by atoms with van der Waals surface area (Å²) in [5.41, 5.74) is 0. The van der Waals surface area contributed by atoms with E-state index >= 15 is 0 Å². The van der Waals surface area contributed by atoms with Crippen molar-refractivity contribution in [2.24, 2.45) is 0 Å². The van der Waals surface area contributed by atoms with Crippen LogP contribution in [0.15, 0.2) is 0 Å². The minimum Gasteiger partial charge on any atom is -0.367 e. The van der Waals surface area contributed by atoms with Crippen molar-refractivity contribution in [3.63, 3.8) is 0 Å². The molecule has 0 spiro atoms. The molecule has 1 atom stereocenters. The van der Waals surface area contributed by atoms with E-state index in [4.69, 9.17) is 4.74 Å². The van der Waals surface area contributed by atoms with Gasteiger partial charge in [-0.25, -0.2) is 0 Å². The van der Waals surface area contributed by atoms with Gasteiger partial charge >= 0.3 is 0 Å². The van der Waals surface area contributed by atoms with Gasteiger partial charge < -0.3 is 9.64 Å². The lowest BCUT2D eigenvalue weighted by Gasteiger charge is -2.29. The van der Waals surface area contributed by atoms with Crippen LogP contribution in [0.5, 0.6) is 0 Å². The van der Waals surface area contributed by atoms with Crippen molar-refractivity contribution >= 4 is 28.4 Å². The summed E-state index contributed by atoms with van der Waals surface area (Å²) in [6.07, 6.45) is -0.274. The van der Waals surface area contributed by atoms with Crippen molar-refractivity contribution in [3.05, 3.63) is 0 Å². The van der Waals surface area contributed by atoms with Gasteiger partial charge in [0.15, 0.2) is 0 Å². The molecule has 1 fully saturated rings. The second-order valence-corrected chi connectivity index (χ2v) is 3.66. The summed E-state index contributed by atoms with van der Waals surface area (Å²) in [6, 6.07) is 0. The molecule has 0 aromatic carbocycles. The number of nitrogens with zero attached hydrogens (tertiary/aromatic N) is 1. The van der Waals surface area contributed by atoms with E-state index in [1.807, 2.05) is 0 Å². The Kier molecular flexibility index (Phi) is 3.54. The predicted octanol–water partition coefficient (Wildman–Crippen LogP) is 0.769. The van der Waals surface area contributed by atoms with Crippen molar-refractivity contribution < 1.29 is 9.53 Å². The highest BCUT2D eigenvalue weighted by Crippen LogP contribution is 2.13. The van der Waals surface area contributed by atoms with Gasteiger partial charge in [-0.05, 0) is 6.92 Å². The van der Waals surface area contributed by atoms with Crippen LogP contribution >= 0.6 is 22.5 Å². The molecule has 0 bridgehead atoms. The van der Waals surface area contributed by atoms with Crippen LogP contribution in [0.25, 0.3) is 0 Å². The zero-order valence-electron chi connectivity index (χ0n) is 6.32. The van der Waals surface area contributed by atoms with Crippen molar-refractivity contribution in [2.45, 2.75) is 13.0 Å². The Hall–Kier alpha value is 0.130. The molecule has 3 nitrogen and oxygen atoms in total. The molecular formula is C6H11NO2S2. The smallest absolute Gasteiger partial charge is 0.252 e. The van der Waals surface area contributed by atoms with Crippen LogP contribution in [-0.2, 0) is 9.53 Å². The van der Waals surface area contributed by atoms with E-state index in [2.05, 4.69) is 11.7 Å². The molecule has 5 heteroatoms. The minimum atomic E-state index is -0.274. The fraction of sp³-hybridized carbons (Fsp3) is 0.833. The Morgan fingerprint density at radius 2 is 2.64 bits per heavy atom. The molecule has 0 saturated carbocycles. The minimum absolute atomic E-state index is 0.0674. The number of thiol groups is 1. The molecule has 0 aromatic rings. The molecule has 64 valence electrons. The SMILES string of the molecule is CC1OCCN(CSS)C1=O. The number of carbonyl (C=O) groups excluding carboxylic acids is 1. The van der Waals surface area contributed by atoms with E-state index < -0.39 is 0 Å². The third kappa shape index (κ3) is 2.28. The van der Waals surface area contributed by atoms with Crippen LogP contribution in [0, 0.1) is 0 Å². The molecule has 0 aromatic heterocycles. The number of amides is 1. The molecule has 1 saturated heterocycles. The summed E-state index contributed by atoms with van der Waals surface area (Å²) in [6.45, 7) is 3.11. The third-order valence-electron chi connectivity index (χ3n) is 1.60. The highest BCUT2D eigenvalue weighted by molar-refractivity contribution is 8.68. The van der Waals surface area contributed by atoms with E-state index in [0.717, 1.165) is 0 Å². The predicted molar refractivity (Wildman–Crippen MR) is 48.6 cm³/mol. The number of carbonyl (C=O) groups is 1. The van der Waals surface area contributed by atoms with E-state index in [9.17, 15) is 4.79 Å². The Balaban J connectivity index is 2.44. The van der Waals surface area contributed by atoms with Crippen LogP contribution in [0.3, 0.4) is 0 Å². The maximum atomic E-state index is 11.3. The monoisotopic (exact) mass is 193 g/mol. The zero-order valence-corrected chi connectivity index (χ0v) is 8.03. The van der Waals surface area contributed by atoms with Gasteiger partial charge in [0.05, 0.1) is 12.5 Å². The summed E-state index contributed by atoms with van der Waals surface area (Å²) in [5, 5.41) is 0. The average Bonchev–Trinajstić information content (AvgIpc) is 1.99. The maximum Gasteiger partial charge on any atom is 0.252 e. The van der Waals surface area contributed by atoms with Gasteiger partial charge in [0.2, 0.25) is 0 Å². The Bertz CT molecular complexity index is 152. The largest absolute Gasteiger partial charge is 0.367 e. The van der Waals surface area contributed by atoms with Gasteiger partial charge in [-0.15, -0.1) is 11.7 Å². The molecule has 1 amide bonds. The summed E-state index contributed by atoms with van der Waals surface area (Å²) in [4.78, 5) is 13.0. The quantitative estimate of drug-likeness (QED) is 0.519. The lowest BCUT2D eigenvalue weighted by Crippen LogP contribution is -2.45. The number of ether oxygens (including phenoxy) is 1. The molecule has 1 unspecified atom stereocenters. The highest BCUT2D eigenvalue weighted by Gasteiger charge is 2.24. The van der Waals surface area contributed by atoms with E-state index in [0.29, 0.717) is 19.0 Å². The summed E-state index contributed by atoms with van der Waals surface area (Å²) < 4.78 is 5.14. The second-order valence-electron chi connectivity index (χ2n) is 2.37. The molecule has 11 heavy (non-hydrogen) atoms. The van der Waals surface area contributed by atoms with Crippen LogP contribution in [0.1, 0.15) is 6.92 Å². The molecule has 1 aliphatic rings. The molecule has 0 radical (unpaired) electrons. The fourth-order valence-electron chi connectivity index (χ4n) is 0.976. The molecular weight excluding hydrogens is 182 g/mol. The Morgan fingerprint density at radius 3 is 3.27 bits per heavy atom. The van der Waals surface area contributed by atoms with Gasteiger partial charge in [-0.3, -0.25) is 4.79 Å². The molecule has 1 rings (SSSR count). The topological polar surface area (TPSA) is 29.5 Å². The van der Waals surface area contributed by atoms with Gasteiger partial charge in [0.1, 0.15) is 6.10 Å². The van der Waals surface area contributed by atoms with Gasteiger partial charge in [-0.1, -0.05) is 10.8 Å². The van der Waals surface area contributed by atoms with Gasteiger partial charge in [0, 0.05) is 6.54 Å². The second kappa shape index (κ2) is 4.23. The number of hydrogen-bond acceptors (Lipinski definition) is 4. The van der Waals surface area contributed by atoms with E-state index in [1.54, 1.807) is 11.8 Å². The van der Waals surface area contributed by atoms with Crippen molar-refractivity contribution in [1.29, 1.82) is 0 Å². The first-order valence-corrected chi connectivity index (χ1v) is 5.46. The van der Waals surface area contributed by atoms with Crippen LogP contribution in [0.2, 0.25) is 0 Å². The van der Waals surface area contributed by atoms with Crippen LogP contribution in [0.4, 0.5) is 0 Å². The first-order chi connectivity index (χ1) is 5.25. The van der Waals surface area contributed by atoms with E-state index in [-0.39, 0.29) is 12.0 Å². The fourth-order valence-corrected chi connectivity index (χ4v) is 1.79. The maximum absolute atomic E-state index is 11.3. The normalized spacial score (nSPS) is 25.8. The summed E-state index contributed by atoms with van der Waals surface area (Å²) >= 11 is 3.98. The van der Waals surface area contributed by atoms with Crippen molar-refractivity contribution in [1.82, 2.24) is 4.90 Å². The van der Waals surface area contributed by atoms with Gasteiger partial charge in [0.25, 0.3) is 5.91 Å². The highest BCUT2D eigenvalue weighted by atomic mass is 33.1. The molecule has 0 aliphatic carbocycles. The summed E-state index contributed by atoms with van der Waals surface area (Å²) in [7, 11) is 1.36. The van der Waals surface area contributed by atoms with Gasteiger partial charge in [-0.2, -0.15) is 0 Å². The average molecular weight is 193 g/mol. The van der Waals surface area contributed by atoms with Crippen LogP contribution < -0.4 is 0 Å². The molecule has 1 aliphatic heterocycles. The van der Waals surface area contributed by atoms with Crippen molar-refractivity contribution in [2.75, 3.05) is 19.0 Å². The first-order valence-electron chi connectivity index (χ1n) is 3.42. The first kappa shape index (κ1) is 9.22. The summed E-state index contributed by atoms with van der Waals surface area (Å²) in [5.74, 6) is 0.716. The Labute approximate surface area is 75.3 Å². The number of morpholine rings is 1. The van der Waals surface area contributed by atoms with Crippen LogP contribution in [-0.4, -0.2) is 35.9 Å².